The molecule has 1 atom stereocenters. The lowest BCUT2D eigenvalue weighted by molar-refractivity contribution is -0.125. The highest BCUT2D eigenvalue weighted by molar-refractivity contribution is 6.30. The standard InChI is InChI=1S/C14H20ClN5O2/c1-9-12(13(15)18(2)17-9)10-4-3-5-19(10)6-7-20-11(21)8-16-14(20)22/h10H,3-8H2,1-2H3,(H,16,22)/t10-/m0/s1. The van der Waals surface area contributed by atoms with Gasteiger partial charge in [0.15, 0.2) is 0 Å². The van der Waals surface area contributed by atoms with E-state index in [4.69, 9.17) is 11.6 Å². The summed E-state index contributed by atoms with van der Waals surface area (Å²) in [5.74, 6) is -0.156. The van der Waals surface area contributed by atoms with E-state index in [1.165, 1.54) is 4.90 Å². The summed E-state index contributed by atoms with van der Waals surface area (Å²) in [7, 11) is 1.84. The van der Waals surface area contributed by atoms with Gasteiger partial charge < -0.3 is 5.32 Å². The van der Waals surface area contributed by atoms with Crippen molar-refractivity contribution in [3.63, 3.8) is 0 Å². The fraction of sp³-hybridized carbons (Fsp3) is 0.643. The maximum absolute atomic E-state index is 11.6. The Morgan fingerprint density at radius 3 is 2.73 bits per heavy atom. The highest BCUT2D eigenvalue weighted by Crippen LogP contribution is 2.37. The van der Waals surface area contributed by atoms with E-state index >= 15 is 0 Å². The van der Waals surface area contributed by atoms with E-state index in [9.17, 15) is 9.59 Å². The molecule has 0 unspecified atom stereocenters. The summed E-state index contributed by atoms with van der Waals surface area (Å²) >= 11 is 6.38. The van der Waals surface area contributed by atoms with Crippen molar-refractivity contribution >= 4 is 23.5 Å². The molecular formula is C14H20ClN5O2. The first-order valence-corrected chi connectivity index (χ1v) is 7.88. The van der Waals surface area contributed by atoms with Crippen LogP contribution in [0.3, 0.4) is 0 Å². The number of hydrogen-bond acceptors (Lipinski definition) is 4. The number of nitrogens with zero attached hydrogens (tertiary/aromatic N) is 4. The van der Waals surface area contributed by atoms with Crippen molar-refractivity contribution in [2.75, 3.05) is 26.2 Å². The number of hydrogen-bond donors (Lipinski definition) is 1. The number of aryl methyl sites for hydroxylation is 2. The Labute approximate surface area is 134 Å². The third-order valence-corrected chi connectivity index (χ3v) is 4.89. The van der Waals surface area contributed by atoms with Crippen molar-refractivity contribution < 1.29 is 9.59 Å². The topological polar surface area (TPSA) is 70.5 Å². The maximum Gasteiger partial charge on any atom is 0.324 e. The average Bonchev–Trinajstić information content (AvgIpc) is 3.11. The second-order valence-electron chi connectivity index (χ2n) is 5.81. The van der Waals surface area contributed by atoms with Gasteiger partial charge in [-0.05, 0) is 26.3 Å². The van der Waals surface area contributed by atoms with Crippen LogP contribution in [-0.4, -0.2) is 57.7 Å². The first-order chi connectivity index (χ1) is 10.5. The summed E-state index contributed by atoms with van der Waals surface area (Å²) in [6.45, 7) is 4.09. The summed E-state index contributed by atoms with van der Waals surface area (Å²) in [4.78, 5) is 26.8. The van der Waals surface area contributed by atoms with E-state index in [1.807, 2.05) is 14.0 Å². The van der Waals surface area contributed by atoms with Gasteiger partial charge in [0.05, 0.1) is 12.2 Å². The minimum absolute atomic E-state index is 0.107. The average molecular weight is 326 g/mol. The molecule has 3 heterocycles. The predicted molar refractivity (Wildman–Crippen MR) is 81.6 cm³/mol. The molecule has 0 saturated carbocycles. The largest absolute Gasteiger partial charge is 0.329 e. The molecule has 2 aliphatic rings. The molecule has 0 bridgehead atoms. The Bertz CT molecular complexity index is 599. The zero-order chi connectivity index (χ0) is 15.9. The lowest BCUT2D eigenvalue weighted by Crippen LogP contribution is -2.38. The highest BCUT2D eigenvalue weighted by Gasteiger charge is 2.33. The Morgan fingerprint density at radius 1 is 1.36 bits per heavy atom. The lowest BCUT2D eigenvalue weighted by Gasteiger charge is -2.26. The normalized spacial score (nSPS) is 22.7. The number of imide groups is 1. The smallest absolute Gasteiger partial charge is 0.324 e. The van der Waals surface area contributed by atoms with Crippen molar-refractivity contribution in [1.82, 2.24) is 24.9 Å². The number of amides is 3. The number of likely N-dealkylation sites (tertiary alicyclic amines) is 1. The number of carbonyl (C=O) groups excluding carboxylic acids is 2. The summed E-state index contributed by atoms with van der Waals surface area (Å²) < 4.78 is 1.69. The molecule has 7 nitrogen and oxygen atoms in total. The molecule has 0 radical (unpaired) electrons. The van der Waals surface area contributed by atoms with Crippen molar-refractivity contribution in [3.8, 4) is 0 Å². The van der Waals surface area contributed by atoms with Crippen LogP contribution in [0.25, 0.3) is 0 Å². The number of halogens is 1. The first-order valence-electron chi connectivity index (χ1n) is 7.50. The molecule has 3 rings (SSSR count). The van der Waals surface area contributed by atoms with Gasteiger partial charge in [0.2, 0.25) is 5.91 Å². The second-order valence-corrected chi connectivity index (χ2v) is 6.17. The Balaban J connectivity index is 1.71. The van der Waals surface area contributed by atoms with E-state index in [0.29, 0.717) is 18.2 Å². The maximum atomic E-state index is 11.6. The zero-order valence-electron chi connectivity index (χ0n) is 12.8. The van der Waals surface area contributed by atoms with Gasteiger partial charge in [0.25, 0.3) is 0 Å². The fourth-order valence-corrected chi connectivity index (χ4v) is 3.66. The third-order valence-electron chi connectivity index (χ3n) is 4.44. The quantitative estimate of drug-likeness (QED) is 0.841. The second kappa shape index (κ2) is 5.89. The summed E-state index contributed by atoms with van der Waals surface area (Å²) in [6, 6.07) is -0.0849. The number of nitrogens with one attached hydrogen (secondary N) is 1. The van der Waals surface area contributed by atoms with Crippen LogP contribution in [0.2, 0.25) is 5.15 Å². The molecule has 0 aromatic carbocycles. The molecule has 1 N–H and O–H groups in total. The summed E-state index contributed by atoms with van der Waals surface area (Å²) in [6.07, 6.45) is 2.10. The van der Waals surface area contributed by atoms with Crippen LogP contribution >= 0.6 is 11.6 Å². The highest BCUT2D eigenvalue weighted by atomic mass is 35.5. The lowest BCUT2D eigenvalue weighted by atomic mass is 10.1. The van der Waals surface area contributed by atoms with E-state index < -0.39 is 0 Å². The van der Waals surface area contributed by atoms with Gasteiger partial charge in [-0.15, -0.1) is 0 Å². The van der Waals surface area contributed by atoms with Gasteiger partial charge in [-0.2, -0.15) is 5.10 Å². The van der Waals surface area contributed by atoms with Crippen LogP contribution in [0.1, 0.15) is 30.1 Å². The Kier molecular flexibility index (Phi) is 4.10. The van der Waals surface area contributed by atoms with Gasteiger partial charge in [0, 0.05) is 31.7 Å². The molecule has 2 saturated heterocycles. The van der Waals surface area contributed by atoms with E-state index in [0.717, 1.165) is 30.6 Å². The molecule has 0 aliphatic carbocycles. The molecule has 2 fully saturated rings. The summed E-state index contributed by atoms with van der Waals surface area (Å²) in [5.41, 5.74) is 2.01. The van der Waals surface area contributed by atoms with Crippen molar-refractivity contribution in [2.24, 2.45) is 7.05 Å². The molecule has 22 heavy (non-hydrogen) atoms. The predicted octanol–water partition coefficient (Wildman–Crippen LogP) is 1.07. The third kappa shape index (κ3) is 2.59. The Morgan fingerprint density at radius 2 is 2.14 bits per heavy atom. The SMILES string of the molecule is Cc1nn(C)c(Cl)c1[C@@H]1CCCN1CCN1C(=O)CNC1=O. The van der Waals surface area contributed by atoms with E-state index in [2.05, 4.69) is 15.3 Å². The fourth-order valence-electron chi connectivity index (χ4n) is 3.36. The van der Waals surface area contributed by atoms with Crippen LogP contribution in [0.4, 0.5) is 4.79 Å². The van der Waals surface area contributed by atoms with Crippen molar-refractivity contribution in [2.45, 2.75) is 25.8 Å². The van der Waals surface area contributed by atoms with Crippen LogP contribution < -0.4 is 5.32 Å². The van der Waals surface area contributed by atoms with E-state index in [1.54, 1.807) is 4.68 Å². The molecule has 8 heteroatoms. The van der Waals surface area contributed by atoms with Crippen LogP contribution in [0.15, 0.2) is 0 Å². The van der Waals surface area contributed by atoms with Crippen LogP contribution in [0, 0.1) is 6.92 Å². The van der Waals surface area contributed by atoms with Gasteiger partial charge >= 0.3 is 6.03 Å². The zero-order valence-corrected chi connectivity index (χ0v) is 13.6. The number of urea groups is 1. The minimum atomic E-state index is -0.295. The molecule has 1 aromatic heterocycles. The first kappa shape index (κ1) is 15.3. The molecule has 0 spiro atoms. The van der Waals surface area contributed by atoms with Crippen LogP contribution in [0.5, 0.6) is 0 Å². The Hall–Kier alpha value is -1.60. The van der Waals surface area contributed by atoms with Crippen molar-refractivity contribution in [3.05, 3.63) is 16.4 Å². The van der Waals surface area contributed by atoms with Gasteiger partial charge in [-0.25, -0.2) is 4.79 Å². The van der Waals surface area contributed by atoms with Gasteiger partial charge in [-0.1, -0.05) is 11.6 Å². The van der Waals surface area contributed by atoms with Gasteiger partial charge in [-0.3, -0.25) is 19.3 Å². The number of carbonyl (C=O) groups is 2. The number of aromatic nitrogens is 2. The molecule has 2 aliphatic heterocycles. The molecule has 1 aromatic rings. The van der Waals surface area contributed by atoms with Crippen LogP contribution in [-0.2, 0) is 11.8 Å². The monoisotopic (exact) mass is 325 g/mol. The van der Waals surface area contributed by atoms with Gasteiger partial charge in [0.1, 0.15) is 5.15 Å². The summed E-state index contributed by atoms with van der Waals surface area (Å²) in [5, 5.41) is 7.60. The molecule has 120 valence electrons. The van der Waals surface area contributed by atoms with E-state index in [-0.39, 0.29) is 24.5 Å². The minimum Gasteiger partial charge on any atom is -0.329 e. The molecular weight excluding hydrogens is 306 g/mol. The van der Waals surface area contributed by atoms with Crippen molar-refractivity contribution in [1.29, 1.82) is 0 Å². The number of rotatable bonds is 4. The molecule has 3 amide bonds.